The molecule has 0 saturated carbocycles. The van der Waals surface area contributed by atoms with Crippen molar-refractivity contribution >= 4 is 21.5 Å². The summed E-state index contributed by atoms with van der Waals surface area (Å²) in [6.45, 7) is 1.75. The number of nitrogens with two attached hydrogens (primary N) is 1. The smallest absolute Gasteiger partial charge is 0.238 e. The predicted octanol–water partition coefficient (Wildman–Crippen LogP) is 2.26. The minimum absolute atomic E-state index is 0.0417. The van der Waals surface area contributed by atoms with Gasteiger partial charge in [-0.25, -0.2) is 8.42 Å². The van der Waals surface area contributed by atoms with Crippen molar-refractivity contribution in [3.8, 4) is 0 Å². The molecule has 2 aromatic rings. The third-order valence-corrected chi connectivity index (χ3v) is 7.49. The molecule has 1 heterocycles. The molecule has 0 atom stereocenters. The highest BCUT2D eigenvalue weighted by atomic mass is 32.2. The highest BCUT2D eigenvalue weighted by molar-refractivity contribution is 7.93. The number of rotatable bonds is 7. The maximum absolute atomic E-state index is 13.5. The van der Waals surface area contributed by atoms with Crippen molar-refractivity contribution in [3.63, 3.8) is 0 Å². The topological polar surface area (TPSA) is 83.7 Å². The third kappa shape index (κ3) is 4.60. The number of likely N-dealkylation sites (tertiary alicyclic amines) is 1. The van der Waals surface area contributed by atoms with Gasteiger partial charge in [0.1, 0.15) is 0 Å². The lowest BCUT2D eigenvalue weighted by Crippen LogP contribution is -2.44. The Morgan fingerprint density at radius 2 is 1.68 bits per heavy atom. The van der Waals surface area contributed by atoms with Gasteiger partial charge in [-0.3, -0.25) is 9.10 Å². The van der Waals surface area contributed by atoms with Crippen LogP contribution in [0.1, 0.15) is 28.8 Å². The van der Waals surface area contributed by atoms with Crippen LogP contribution in [0.25, 0.3) is 0 Å². The summed E-state index contributed by atoms with van der Waals surface area (Å²) in [5.41, 5.74) is 7.43. The molecular weight excluding hydrogens is 374 g/mol. The number of Topliss-reactive ketones (excluding diaryl/α,β-unsaturated/α-hetero) is 1. The Morgan fingerprint density at radius 1 is 1.07 bits per heavy atom. The SMILES string of the molecule is CN1CCC(S(=O)(=O)N(Cc2ccc(C(=O)CN)cc2)c2ccccc2)CC1. The van der Waals surface area contributed by atoms with Gasteiger partial charge >= 0.3 is 0 Å². The molecule has 1 aliphatic heterocycles. The fourth-order valence-corrected chi connectivity index (χ4v) is 5.38. The number of carbonyl (C=O) groups excluding carboxylic acids is 1. The van der Waals surface area contributed by atoms with Crippen LogP contribution in [-0.2, 0) is 16.6 Å². The summed E-state index contributed by atoms with van der Waals surface area (Å²) in [4.78, 5) is 13.9. The molecule has 0 aliphatic carbocycles. The normalized spacial score (nSPS) is 16.1. The van der Waals surface area contributed by atoms with E-state index in [1.807, 2.05) is 37.4 Å². The minimum atomic E-state index is -3.51. The van der Waals surface area contributed by atoms with Crippen molar-refractivity contribution in [2.75, 3.05) is 31.0 Å². The molecule has 0 bridgehead atoms. The molecular formula is C21H27N3O3S. The number of ketones is 1. The first kappa shape index (κ1) is 20.5. The van der Waals surface area contributed by atoms with E-state index in [0.29, 0.717) is 24.1 Å². The lowest BCUT2D eigenvalue weighted by Gasteiger charge is -2.34. The number of hydrogen-bond acceptors (Lipinski definition) is 5. The van der Waals surface area contributed by atoms with Gasteiger partial charge in [0.2, 0.25) is 10.0 Å². The van der Waals surface area contributed by atoms with Crippen LogP contribution in [0.3, 0.4) is 0 Å². The van der Waals surface area contributed by atoms with E-state index >= 15 is 0 Å². The van der Waals surface area contributed by atoms with Gasteiger partial charge < -0.3 is 10.6 Å². The largest absolute Gasteiger partial charge is 0.324 e. The summed E-state index contributed by atoms with van der Waals surface area (Å²) < 4.78 is 28.4. The second-order valence-electron chi connectivity index (χ2n) is 7.21. The first-order valence-corrected chi connectivity index (χ1v) is 11.0. The summed E-state index contributed by atoms with van der Waals surface area (Å²) in [7, 11) is -1.49. The van der Waals surface area contributed by atoms with Crippen LogP contribution in [0.15, 0.2) is 54.6 Å². The Labute approximate surface area is 167 Å². The molecule has 0 aromatic heterocycles. The number of benzene rings is 2. The Morgan fingerprint density at radius 3 is 2.25 bits per heavy atom. The average molecular weight is 402 g/mol. The predicted molar refractivity (Wildman–Crippen MR) is 112 cm³/mol. The van der Waals surface area contributed by atoms with Gasteiger partial charge in [0.25, 0.3) is 0 Å². The van der Waals surface area contributed by atoms with Crippen LogP contribution in [0, 0.1) is 0 Å². The summed E-state index contributed by atoms with van der Waals surface area (Å²) >= 11 is 0. The van der Waals surface area contributed by atoms with Crippen molar-refractivity contribution in [3.05, 3.63) is 65.7 Å². The van der Waals surface area contributed by atoms with Gasteiger partial charge in [0, 0.05) is 5.56 Å². The Bertz CT molecular complexity index is 890. The van der Waals surface area contributed by atoms with Crippen LogP contribution in [0.5, 0.6) is 0 Å². The van der Waals surface area contributed by atoms with E-state index < -0.39 is 10.0 Å². The van der Waals surface area contributed by atoms with Crippen molar-refractivity contribution < 1.29 is 13.2 Å². The first-order valence-electron chi connectivity index (χ1n) is 9.49. The van der Waals surface area contributed by atoms with Crippen molar-refractivity contribution in [1.29, 1.82) is 0 Å². The fourth-order valence-electron chi connectivity index (χ4n) is 3.46. The quantitative estimate of drug-likeness (QED) is 0.720. The molecule has 150 valence electrons. The van der Waals surface area contributed by atoms with Crippen molar-refractivity contribution in [2.24, 2.45) is 5.73 Å². The van der Waals surface area contributed by atoms with Crippen molar-refractivity contribution in [1.82, 2.24) is 4.90 Å². The van der Waals surface area contributed by atoms with E-state index in [1.54, 1.807) is 24.3 Å². The lowest BCUT2D eigenvalue weighted by molar-refractivity contribution is 0.100. The van der Waals surface area contributed by atoms with Gasteiger partial charge in [-0.05, 0) is 50.7 Å². The highest BCUT2D eigenvalue weighted by Gasteiger charge is 2.34. The molecule has 2 aromatic carbocycles. The van der Waals surface area contributed by atoms with Gasteiger partial charge in [-0.1, -0.05) is 42.5 Å². The second kappa shape index (κ2) is 8.86. The monoisotopic (exact) mass is 401 g/mol. The minimum Gasteiger partial charge on any atom is -0.324 e. The van der Waals surface area contributed by atoms with Gasteiger partial charge in [0.05, 0.1) is 24.0 Å². The zero-order valence-corrected chi connectivity index (χ0v) is 16.9. The van der Waals surface area contributed by atoms with Crippen molar-refractivity contribution in [2.45, 2.75) is 24.6 Å². The molecule has 2 N–H and O–H groups in total. The maximum atomic E-state index is 13.5. The van der Waals surface area contributed by atoms with E-state index in [2.05, 4.69) is 4.90 Å². The molecule has 28 heavy (non-hydrogen) atoms. The molecule has 1 fully saturated rings. The standard InChI is InChI=1S/C21H27N3O3S/c1-23-13-11-20(12-14-23)28(26,27)24(19-5-3-2-4-6-19)16-17-7-9-18(10-8-17)21(25)15-22/h2-10,20H,11-16,22H2,1H3. The number of para-hydroxylation sites is 1. The van der Waals surface area contributed by atoms with E-state index in [-0.39, 0.29) is 24.1 Å². The molecule has 6 nitrogen and oxygen atoms in total. The lowest BCUT2D eigenvalue weighted by atomic mass is 10.1. The van der Waals surface area contributed by atoms with Gasteiger partial charge in [0.15, 0.2) is 5.78 Å². The zero-order chi connectivity index (χ0) is 20.1. The molecule has 1 saturated heterocycles. The molecule has 0 spiro atoms. The molecule has 3 rings (SSSR count). The van der Waals surface area contributed by atoms with E-state index in [0.717, 1.165) is 18.7 Å². The number of sulfonamides is 1. The summed E-state index contributed by atoms with van der Waals surface area (Å²) in [5, 5.41) is -0.387. The number of nitrogens with zero attached hydrogens (tertiary/aromatic N) is 2. The molecule has 0 amide bonds. The fraction of sp³-hybridized carbons (Fsp3) is 0.381. The van der Waals surface area contributed by atoms with Crippen LogP contribution in [0.4, 0.5) is 5.69 Å². The zero-order valence-electron chi connectivity index (χ0n) is 16.1. The van der Waals surface area contributed by atoms with Crippen LogP contribution < -0.4 is 10.0 Å². The first-order chi connectivity index (χ1) is 13.4. The number of hydrogen-bond donors (Lipinski definition) is 1. The highest BCUT2D eigenvalue weighted by Crippen LogP contribution is 2.27. The Balaban J connectivity index is 1.89. The summed E-state index contributed by atoms with van der Waals surface area (Å²) in [5.74, 6) is -0.134. The molecule has 1 aliphatic rings. The maximum Gasteiger partial charge on any atom is 0.238 e. The Hall–Kier alpha value is -2.22. The second-order valence-corrected chi connectivity index (χ2v) is 9.35. The molecule has 0 radical (unpaired) electrons. The third-order valence-electron chi connectivity index (χ3n) is 5.23. The van der Waals surface area contributed by atoms with Gasteiger partial charge in [-0.15, -0.1) is 0 Å². The number of anilines is 1. The van der Waals surface area contributed by atoms with Gasteiger partial charge in [-0.2, -0.15) is 0 Å². The summed E-state index contributed by atoms with van der Waals surface area (Å²) in [6.07, 6.45) is 1.26. The number of carbonyl (C=O) groups is 1. The van der Waals surface area contributed by atoms with E-state index in [9.17, 15) is 13.2 Å². The van der Waals surface area contributed by atoms with E-state index in [1.165, 1.54) is 4.31 Å². The average Bonchev–Trinajstić information content (AvgIpc) is 2.72. The number of piperidine rings is 1. The van der Waals surface area contributed by atoms with Crippen LogP contribution in [0.2, 0.25) is 0 Å². The van der Waals surface area contributed by atoms with Crippen LogP contribution in [-0.4, -0.2) is 51.0 Å². The van der Waals surface area contributed by atoms with Crippen LogP contribution >= 0.6 is 0 Å². The Kier molecular flexibility index (Phi) is 6.49. The molecule has 7 heteroatoms. The molecule has 0 unspecified atom stereocenters. The summed E-state index contributed by atoms with van der Waals surface area (Å²) in [6, 6.07) is 16.2. The van der Waals surface area contributed by atoms with E-state index in [4.69, 9.17) is 5.73 Å².